The zero-order valence-corrected chi connectivity index (χ0v) is 18.2. The minimum absolute atomic E-state index is 0.0184. The molecule has 1 aromatic carbocycles. The van der Waals surface area contributed by atoms with Gasteiger partial charge in [-0.2, -0.15) is 13.2 Å². The molecule has 2 saturated carbocycles. The van der Waals surface area contributed by atoms with Crippen molar-refractivity contribution in [3.05, 3.63) is 29.5 Å². The normalized spacial score (nSPS) is 27.5. The smallest absolute Gasteiger partial charge is 0.416 e. The van der Waals surface area contributed by atoms with Crippen LogP contribution in [0.2, 0.25) is 0 Å². The number of nitrogens with zero attached hydrogens (tertiary/aromatic N) is 1. The molecule has 5 rings (SSSR count). The van der Waals surface area contributed by atoms with Gasteiger partial charge in [0.1, 0.15) is 5.58 Å². The molecule has 1 atom stereocenters. The van der Waals surface area contributed by atoms with Gasteiger partial charge in [-0.15, -0.1) is 0 Å². The molecule has 0 radical (unpaired) electrons. The van der Waals surface area contributed by atoms with E-state index in [1.165, 1.54) is 6.07 Å². The second kappa shape index (κ2) is 7.61. The van der Waals surface area contributed by atoms with Gasteiger partial charge in [0.15, 0.2) is 0 Å². The van der Waals surface area contributed by atoms with E-state index in [9.17, 15) is 28.2 Å². The largest absolute Gasteiger partial charge is 0.449 e. The number of carbonyl (C=O) groups is 1. The first kappa shape index (κ1) is 22.5. The van der Waals surface area contributed by atoms with E-state index in [-0.39, 0.29) is 40.8 Å². The number of anilines is 1. The van der Waals surface area contributed by atoms with E-state index < -0.39 is 23.2 Å². The monoisotopic (exact) mass is 468 g/mol. The molecule has 0 saturated heterocycles. The molecule has 180 valence electrons. The number of carbonyl (C=O) groups excluding carboxylic acids is 1. The topological polar surface area (TPSA) is 95.2 Å². The summed E-state index contributed by atoms with van der Waals surface area (Å²) in [4.78, 5) is 14.6. The van der Waals surface area contributed by atoms with Crippen molar-refractivity contribution in [1.82, 2.24) is 5.32 Å². The average molecular weight is 468 g/mol. The Morgan fingerprint density at radius 2 is 2.06 bits per heavy atom. The van der Waals surface area contributed by atoms with Gasteiger partial charge in [0.25, 0.3) is 5.91 Å². The summed E-state index contributed by atoms with van der Waals surface area (Å²) in [6, 6.07) is 3.26. The fourth-order valence-electron chi connectivity index (χ4n) is 5.66. The summed E-state index contributed by atoms with van der Waals surface area (Å²) in [6.45, 7) is 0.961. The first-order chi connectivity index (χ1) is 15.6. The van der Waals surface area contributed by atoms with Gasteiger partial charge in [0.2, 0.25) is 5.76 Å². The van der Waals surface area contributed by atoms with Gasteiger partial charge >= 0.3 is 6.18 Å². The Hall–Kier alpha value is -2.30. The molecule has 1 unspecified atom stereocenters. The molecule has 10 heteroatoms. The second-order valence-electron chi connectivity index (χ2n) is 9.74. The van der Waals surface area contributed by atoms with E-state index in [0.717, 1.165) is 25.0 Å². The molecule has 0 spiro atoms. The number of nitrogens with one attached hydrogen (secondary N) is 1. The molecule has 3 aliphatic rings. The summed E-state index contributed by atoms with van der Waals surface area (Å²) < 4.78 is 51.7. The molecule has 2 aliphatic carbocycles. The molecule has 2 fully saturated rings. The maximum atomic E-state index is 13.4. The SMILES string of the molecule is COC(C1CC(O)(CO)C1)C1(CN2CCNC(=O)c3oc4ccc(C(F)(F)F)cc4c32)CC1. The van der Waals surface area contributed by atoms with Crippen LogP contribution in [0.15, 0.2) is 22.6 Å². The highest BCUT2D eigenvalue weighted by Crippen LogP contribution is 2.57. The van der Waals surface area contributed by atoms with Crippen molar-refractivity contribution in [1.29, 1.82) is 0 Å². The Morgan fingerprint density at radius 1 is 1.33 bits per heavy atom. The lowest BCUT2D eigenvalue weighted by molar-refractivity contribution is -0.154. The number of aliphatic hydroxyl groups excluding tert-OH is 1. The highest BCUT2D eigenvalue weighted by Gasteiger charge is 2.58. The molecule has 1 amide bonds. The summed E-state index contributed by atoms with van der Waals surface area (Å²) in [5, 5.41) is 22.7. The van der Waals surface area contributed by atoms with E-state index in [1.807, 2.05) is 4.90 Å². The highest BCUT2D eigenvalue weighted by molar-refractivity contribution is 6.07. The second-order valence-corrected chi connectivity index (χ2v) is 9.74. The summed E-state index contributed by atoms with van der Waals surface area (Å²) in [6.07, 6.45) is -2.05. The fraction of sp³-hybridized carbons (Fsp3) is 0.609. The van der Waals surface area contributed by atoms with Crippen LogP contribution in [-0.4, -0.2) is 61.2 Å². The number of benzene rings is 1. The van der Waals surface area contributed by atoms with Gasteiger partial charge in [-0.25, -0.2) is 0 Å². The first-order valence-corrected chi connectivity index (χ1v) is 11.1. The number of hydrogen-bond acceptors (Lipinski definition) is 6. The number of alkyl halides is 3. The Bertz CT molecular complexity index is 1070. The molecular formula is C23H27F3N2O5. The Morgan fingerprint density at radius 3 is 2.67 bits per heavy atom. The van der Waals surface area contributed by atoms with E-state index in [1.54, 1.807) is 7.11 Å². The number of aliphatic hydroxyl groups is 2. The lowest BCUT2D eigenvalue weighted by atomic mass is 9.65. The van der Waals surface area contributed by atoms with Crippen LogP contribution in [0.3, 0.4) is 0 Å². The fourth-order valence-corrected chi connectivity index (χ4v) is 5.66. The lowest BCUT2D eigenvalue weighted by Crippen LogP contribution is -2.54. The molecule has 1 aromatic heterocycles. The van der Waals surface area contributed by atoms with E-state index in [2.05, 4.69) is 5.32 Å². The minimum atomic E-state index is -4.51. The van der Waals surface area contributed by atoms with Gasteiger partial charge in [-0.1, -0.05) is 0 Å². The summed E-state index contributed by atoms with van der Waals surface area (Å²) in [7, 11) is 1.63. The lowest BCUT2D eigenvalue weighted by Gasteiger charge is -2.48. The maximum absolute atomic E-state index is 13.4. The van der Waals surface area contributed by atoms with E-state index >= 15 is 0 Å². The van der Waals surface area contributed by atoms with Gasteiger partial charge in [0, 0.05) is 37.5 Å². The van der Waals surface area contributed by atoms with Gasteiger partial charge in [-0.05, 0) is 49.8 Å². The van der Waals surface area contributed by atoms with Crippen molar-refractivity contribution >= 4 is 22.6 Å². The van der Waals surface area contributed by atoms with Crippen molar-refractivity contribution in [3.63, 3.8) is 0 Å². The molecule has 0 bridgehead atoms. The Balaban J connectivity index is 1.49. The van der Waals surface area contributed by atoms with Crippen molar-refractivity contribution in [2.45, 2.75) is 43.6 Å². The predicted octanol–water partition coefficient (Wildman–Crippen LogP) is 2.93. The molecule has 1 aliphatic heterocycles. The number of furan rings is 1. The molecule has 3 N–H and O–H groups in total. The average Bonchev–Trinajstić information content (AvgIpc) is 3.44. The van der Waals surface area contributed by atoms with E-state index in [0.29, 0.717) is 38.2 Å². The third-order valence-electron chi connectivity index (χ3n) is 7.44. The van der Waals surface area contributed by atoms with Crippen molar-refractivity contribution < 1.29 is 37.3 Å². The van der Waals surface area contributed by atoms with Crippen LogP contribution in [0.4, 0.5) is 18.9 Å². The van der Waals surface area contributed by atoms with Gasteiger partial charge < -0.3 is 29.6 Å². The number of amides is 1. The quantitative estimate of drug-likeness (QED) is 0.604. The first-order valence-electron chi connectivity index (χ1n) is 11.1. The van der Waals surface area contributed by atoms with Crippen LogP contribution in [0.5, 0.6) is 0 Å². The van der Waals surface area contributed by atoms with Crippen LogP contribution >= 0.6 is 0 Å². The molecule has 2 aromatic rings. The number of ether oxygens (including phenoxy) is 1. The van der Waals surface area contributed by atoms with Gasteiger partial charge in [0.05, 0.1) is 29.6 Å². The Kier molecular flexibility index (Phi) is 5.19. The molecule has 2 heterocycles. The third kappa shape index (κ3) is 3.77. The van der Waals surface area contributed by atoms with Crippen molar-refractivity contribution in [2.75, 3.05) is 38.3 Å². The number of fused-ring (bicyclic) bond motifs is 3. The number of hydrogen-bond donors (Lipinski definition) is 3. The zero-order chi connectivity index (χ0) is 23.6. The van der Waals surface area contributed by atoms with Crippen LogP contribution in [0, 0.1) is 11.3 Å². The predicted molar refractivity (Wildman–Crippen MR) is 113 cm³/mol. The van der Waals surface area contributed by atoms with Crippen LogP contribution < -0.4 is 10.2 Å². The summed E-state index contributed by atoms with van der Waals surface area (Å²) in [5.74, 6) is -0.346. The van der Waals surface area contributed by atoms with Crippen molar-refractivity contribution in [3.8, 4) is 0 Å². The summed E-state index contributed by atoms with van der Waals surface area (Å²) in [5.41, 5.74) is -1.50. The van der Waals surface area contributed by atoms with E-state index in [4.69, 9.17) is 9.15 Å². The number of halogens is 3. The van der Waals surface area contributed by atoms with Crippen LogP contribution in [0.25, 0.3) is 11.0 Å². The number of methoxy groups -OCH3 is 1. The molecule has 33 heavy (non-hydrogen) atoms. The molecular weight excluding hydrogens is 441 g/mol. The maximum Gasteiger partial charge on any atom is 0.416 e. The summed E-state index contributed by atoms with van der Waals surface area (Å²) >= 11 is 0. The molecule has 7 nitrogen and oxygen atoms in total. The van der Waals surface area contributed by atoms with Crippen LogP contribution in [-0.2, 0) is 10.9 Å². The third-order valence-corrected chi connectivity index (χ3v) is 7.44. The zero-order valence-electron chi connectivity index (χ0n) is 18.2. The van der Waals surface area contributed by atoms with Gasteiger partial charge in [-0.3, -0.25) is 4.79 Å². The standard InChI is InChI=1S/C23H27F3N2O5/c1-32-19(13-9-22(31,10-13)12-29)21(4-5-21)11-28-7-6-27-20(30)18-17(28)15-8-14(23(24,25)26)2-3-16(15)33-18/h2-3,8,13,19,29,31H,4-7,9-12H2,1H3,(H,27,30). The minimum Gasteiger partial charge on any atom is -0.449 e. The Labute approximate surface area is 188 Å². The highest BCUT2D eigenvalue weighted by atomic mass is 19.4. The van der Waals surface area contributed by atoms with Crippen LogP contribution in [0.1, 0.15) is 41.8 Å². The van der Waals surface area contributed by atoms with Crippen molar-refractivity contribution in [2.24, 2.45) is 11.3 Å². The number of rotatable bonds is 6.